The first-order valence-corrected chi connectivity index (χ1v) is 8.98. The second kappa shape index (κ2) is 7.28. The average molecular weight is 371 g/mol. The first kappa shape index (κ1) is 16.8. The Labute approximate surface area is 159 Å². The molecule has 4 rings (SSSR count). The van der Waals surface area contributed by atoms with E-state index < -0.39 is 0 Å². The van der Waals surface area contributed by atoms with Crippen molar-refractivity contribution in [3.63, 3.8) is 0 Å². The molecule has 0 saturated heterocycles. The largest absolute Gasteiger partial charge is 0.457 e. The van der Waals surface area contributed by atoms with Crippen LogP contribution in [0.2, 0.25) is 0 Å². The number of amides is 1. The summed E-state index contributed by atoms with van der Waals surface area (Å²) in [5.41, 5.74) is 1.64. The zero-order valence-corrected chi connectivity index (χ0v) is 14.9. The average Bonchev–Trinajstić information content (AvgIpc) is 3.10. The highest BCUT2D eigenvalue weighted by Crippen LogP contribution is 2.31. The molecule has 1 amide bonds. The molecule has 0 aliphatic heterocycles. The van der Waals surface area contributed by atoms with Gasteiger partial charge in [-0.05, 0) is 42.5 Å². The maximum Gasteiger partial charge on any atom is 0.257 e. The molecule has 0 spiro atoms. The summed E-state index contributed by atoms with van der Waals surface area (Å²) in [6, 6.07) is 23.7. The minimum atomic E-state index is -0.299. The van der Waals surface area contributed by atoms with E-state index in [9.17, 15) is 4.79 Å². The van der Waals surface area contributed by atoms with Crippen molar-refractivity contribution in [2.75, 3.05) is 5.32 Å². The molecule has 0 saturated carbocycles. The molecule has 3 aromatic carbocycles. The van der Waals surface area contributed by atoms with Gasteiger partial charge in [-0.2, -0.15) is 5.26 Å². The Morgan fingerprint density at radius 1 is 1.00 bits per heavy atom. The third kappa shape index (κ3) is 3.78. The van der Waals surface area contributed by atoms with Crippen LogP contribution in [-0.4, -0.2) is 10.9 Å². The molecule has 1 aromatic heterocycles. The Balaban J connectivity index is 1.54. The lowest BCUT2D eigenvalue weighted by atomic mass is 10.1. The quantitative estimate of drug-likeness (QED) is 0.534. The second-order valence-electron chi connectivity index (χ2n) is 5.71. The lowest BCUT2D eigenvalue weighted by Crippen LogP contribution is -2.11. The van der Waals surface area contributed by atoms with Crippen LogP contribution >= 0.6 is 11.3 Å². The van der Waals surface area contributed by atoms with Crippen molar-refractivity contribution in [3.05, 3.63) is 83.9 Å². The number of hydrogen-bond donors (Lipinski definition) is 1. The maximum absolute atomic E-state index is 12.4. The first-order valence-electron chi connectivity index (χ1n) is 8.16. The smallest absolute Gasteiger partial charge is 0.257 e. The molecule has 1 heterocycles. The van der Waals surface area contributed by atoms with Gasteiger partial charge in [0.25, 0.3) is 5.91 Å². The minimum absolute atomic E-state index is 0.299. The standard InChI is InChI=1S/C21H13N3O2S/c22-13-14-5-4-6-15(11-14)20(25)24-21-23-18-10-9-17(12-19(18)27-21)26-16-7-2-1-3-8-16/h1-12H,(H,23,24,25). The molecule has 0 radical (unpaired) electrons. The van der Waals surface area contributed by atoms with E-state index in [4.69, 9.17) is 10.00 Å². The summed E-state index contributed by atoms with van der Waals surface area (Å²) < 4.78 is 6.74. The molecule has 0 unspecified atom stereocenters. The fourth-order valence-corrected chi connectivity index (χ4v) is 3.44. The summed E-state index contributed by atoms with van der Waals surface area (Å²) in [4.78, 5) is 16.8. The number of benzene rings is 3. The third-order valence-electron chi connectivity index (χ3n) is 3.81. The Kier molecular flexibility index (Phi) is 4.52. The van der Waals surface area contributed by atoms with Gasteiger partial charge >= 0.3 is 0 Å². The Hall–Kier alpha value is -3.69. The number of thiazole rings is 1. The number of carbonyl (C=O) groups excluding carboxylic acids is 1. The number of nitrogens with zero attached hydrogens (tertiary/aromatic N) is 2. The molecule has 0 bridgehead atoms. The normalized spacial score (nSPS) is 10.3. The highest BCUT2D eigenvalue weighted by Gasteiger charge is 2.11. The van der Waals surface area contributed by atoms with Gasteiger partial charge in [0.1, 0.15) is 11.5 Å². The molecule has 1 N–H and O–H groups in total. The second-order valence-corrected chi connectivity index (χ2v) is 6.74. The minimum Gasteiger partial charge on any atom is -0.457 e. The molecule has 27 heavy (non-hydrogen) atoms. The number of nitrogens with one attached hydrogen (secondary N) is 1. The summed E-state index contributed by atoms with van der Waals surface area (Å²) in [6.07, 6.45) is 0. The number of hydrogen-bond acceptors (Lipinski definition) is 5. The van der Waals surface area contributed by atoms with Crippen LogP contribution in [0.1, 0.15) is 15.9 Å². The fraction of sp³-hybridized carbons (Fsp3) is 0. The highest BCUT2D eigenvalue weighted by atomic mass is 32.1. The van der Waals surface area contributed by atoms with Gasteiger partial charge in [0.15, 0.2) is 5.13 Å². The van der Waals surface area contributed by atoms with Gasteiger partial charge in [-0.25, -0.2) is 4.98 Å². The number of para-hydroxylation sites is 1. The first-order chi connectivity index (χ1) is 13.2. The molecule has 6 heteroatoms. The highest BCUT2D eigenvalue weighted by molar-refractivity contribution is 7.22. The number of ether oxygens (including phenoxy) is 1. The van der Waals surface area contributed by atoms with Crippen LogP contribution in [-0.2, 0) is 0 Å². The molecule has 0 atom stereocenters. The zero-order valence-electron chi connectivity index (χ0n) is 14.0. The van der Waals surface area contributed by atoms with Gasteiger partial charge in [0, 0.05) is 11.6 Å². The number of fused-ring (bicyclic) bond motifs is 1. The summed E-state index contributed by atoms with van der Waals surface area (Å²) in [5, 5.41) is 12.2. The van der Waals surface area contributed by atoms with Crippen molar-refractivity contribution >= 4 is 32.6 Å². The van der Waals surface area contributed by atoms with E-state index in [1.54, 1.807) is 24.3 Å². The van der Waals surface area contributed by atoms with Crippen LogP contribution in [0.25, 0.3) is 10.2 Å². The molecule has 0 aliphatic carbocycles. The number of anilines is 1. The SMILES string of the molecule is N#Cc1cccc(C(=O)Nc2nc3ccc(Oc4ccccc4)cc3s2)c1. The van der Waals surface area contributed by atoms with Crippen LogP contribution in [0.15, 0.2) is 72.8 Å². The van der Waals surface area contributed by atoms with Crippen LogP contribution in [0.5, 0.6) is 11.5 Å². The van der Waals surface area contributed by atoms with Crippen molar-refractivity contribution < 1.29 is 9.53 Å². The summed E-state index contributed by atoms with van der Waals surface area (Å²) in [7, 11) is 0. The van der Waals surface area contributed by atoms with Crippen LogP contribution < -0.4 is 10.1 Å². The molecule has 5 nitrogen and oxygen atoms in total. The van der Waals surface area contributed by atoms with Crippen molar-refractivity contribution in [2.45, 2.75) is 0 Å². The Morgan fingerprint density at radius 3 is 2.67 bits per heavy atom. The van der Waals surface area contributed by atoms with Crippen LogP contribution in [0.3, 0.4) is 0 Å². The molecular formula is C21H13N3O2S. The van der Waals surface area contributed by atoms with Crippen molar-refractivity contribution in [2.24, 2.45) is 0 Å². The van der Waals surface area contributed by atoms with E-state index in [2.05, 4.69) is 10.3 Å². The summed E-state index contributed by atoms with van der Waals surface area (Å²) >= 11 is 1.37. The van der Waals surface area contributed by atoms with Gasteiger partial charge in [-0.1, -0.05) is 35.6 Å². The van der Waals surface area contributed by atoms with Gasteiger partial charge in [0.05, 0.1) is 21.8 Å². The van der Waals surface area contributed by atoms with Gasteiger partial charge in [-0.3, -0.25) is 10.1 Å². The fourth-order valence-electron chi connectivity index (χ4n) is 2.55. The van der Waals surface area contributed by atoms with E-state index >= 15 is 0 Å². The Morgan fingerprint density at radius 2 is 1.85 bits per heavy atom. The monoisotopic (exact) mass is 371 g/mol. The maximum atomic E-state index is 12.4. The van der Waals surface area contributed by atoms with E-state index in [0.717, 1.165) is 16.0 Å². The lowest BCUT2D eigenvalue weighted by Gasteiger charge is -2.04. The van der Waals surface area contributed by atoms with E-state index in [-0.39, 0.29) is 5.91 Å². The number of aromatic nitrogens is 1. The summed E-state index contributed by atoms with van der Waals surface area (Å²) in [6.45, 7) is 0. The van der Waals surface area contributed by atoms with E-state index in [0.29, 0.717) is 22.0 Å². The van der Waals surface area contributed by atoms with Crippen molar-refractivity contribution in [3.8, 4) is 17.6 Å². The Bertz CT molecular complexity index is 1160. The van der Waals surface area contributed by atoms with Crippen molar-refractivity contribution in [1.29, 1.82) is 5.26 Å². The number of nitriles is 1. The van der Waals surface area contributed by atoms with E-state index in [1.165, 1.54) is 11.3 Å². The molecule has 0 aliphatic rings. The topological polar surface area (TPSA) is 75.0 Å². The molecular weight excluding hydrogens is 358 g/mol. The van der Waals surface area contributed by atoms with Gasteiger partial charge in [0.2, 0.25) is 0 Å². The molecule has 4 aromatic rings. The number of rotatable bonds is 4. The van der Waals surface area contributed by atoms with Crippen molar-refractivity contribution in [1.82, 2.24) is 4.98 Å². The summed E-state index contributed by atoms with van der Waals surface area (Å²) in [5.74, 6) is 1.16. The van der Waals surface area contributed by atoms with E-state index in [1.807, 2.05) is 54.6 Å². The van der Waals surface area contributed by atoms with Gasteiger partial charge in [-0.15, -0.1) is 0 Å². The number of carbonyl (C=O) groups is 1. The van der Waals surface area contributed by atoms with Gasteiger partial charge < -0.3 is 4.74 Å². The van der Waals surface area contributed by atoms with Crippen LogP contribution in [0.4, 0.5) is 5.13 Å². The molecule has 130 valence electrons. The predicted molar refractivity (Wildman–Crippen MR) is 105 cm³/mol. The van der Waals surface area contributed by atoms with Crippen LogP contribution in [0, 0.1) is 11.3 Å². The predicted octanol–water partition coefficient (Wildman–Crippen LogP) is 5.21. The molecule has 0 fully saturated rings. The zero-order chi connectivity index (χ0) is 18.6. The third-order valence-corrected chi connectivity index (χ3v) is 4.75. The lowest BCUT2D eigenvalue weighted by molar-refractivity contribution is 0.102.